The largest absolute Gasteiger partial charge is 0.457 e. The third-order valence-electron chi connectivity index (χ3n) is 4.81. The van der Waals surface area contributed by atoms with Crippen LogP contribution in [0.4, 0.5) is 8.78 Å². The monoisotopic (exact) mass is 377 g/mol. The lowest BCUT2D eigenvalue weighted by molar-refractivity contribution is -0.144. The summed E-state index contributed by atoms with van der Waals surface area (Å²) < 4.78 is 35.9. The van der Waals surface area contributed by atoms with Crippen molar-refractivity contribution in [2.45, 2.75) is 33.8 Å². The predicted octanol–water partition coefficient (Wildman–Crippen LogP) is 4.08. The van der Waals surface area contributed by atoms with Crippen molar-refractivity contribution in [3.8, 4) is 11.4 Å². The molecule has 0 spiro atoms. The van der Waals surface area contributed by atoms with E-state index in [1.807, 2.05) is 18.4 Å². The van der Waals surface area contributed by atoms with Gasteiger partial charge >= 0.3 is 12.6 Å². The van der Waals surface area contributed by atoms with Gasteiger partial charge in [0.2, 0.25) is 5.78 Å². The van der Waals surface area contributed by atoms with Crippen molar-refractivity contribution in [1.82, 2.24) is 4.57 Å². The van der Waals surface area contributed by atoms with Gasteiger partial charge in [-0.05, 0) is 56.5 Å². The first-order chi connectivity index (χ1) is 12.8. The Balaban J connectivity index is 1.74. The van der Waals surface area contributed by atoms with Gasteiger partial charge in [0, 0.05) is 22.6 Å². The molecule has 7 heteroatoms. The number of hydrogen-bond donors (Lipinski definition) is 0. The van der Waals surface area contributed by atoms with E-state index in [1.54, 1.807) is 25.1 Å². The quantitative estimate of drug-likeness (QED) is 0.539. The number of ether oxygens (including phenoxy) is 2. The maximum Gasteiger partial charge on any atom is 0.387 e. The number of nitrogens with zero attached hydrogens (tertiary/aromatic N) is 1. The molecule has 1 fully saturated rings. The first-order valence-electron chi connectivity index (χ1n) is 8.72. The van der Waals surface area contributed by atoms with E-state index in [4.69, 9.17) is 4.74 Å². The molecule has 1 aliphatic rings. The molecular weight excluding hydrogens is 356 g/mol. The molecular formula is C20H21F2NO4. The Bertz CT molecular complexity index is 858. The molecule has 0 aliphatic heterocycles. The second-order valence-corrected chi connectivity index (χ2v) is 6.84. The molecule has 1 saturated carbocycles. The number of hydrogen-bond acceptors (Lipinski definition) is 4. The highest BCUT2D eigenvalue weighted by atomic mass is 19.3. The highest BCUT2D eigenvalue weighted by Gasteiger charge is 2.40. The topological polar surface area (TPSA) is 57.5 Å². The van der Waals surface area contributed by atoms with Gasteiger partial charge in [-0.2, -0.15) is 8.78 Å². The summed E-state index contributed by atoms with van der Waals surface area (Å²) in [5, 5.41) is 0. The van der Waals surface area contributed by atoms with E-state index in [-0.39, 0.29) is 30.0 Å². The smallest absolute Gasteiger partial charge is 0.387 e. The van der Waals surface area contributed by atoms with Crippen LogP contribution in [0.5, 0.6) is 5.75 Å². The lowest BCUT2D eigenvalue weighted by Crippen LogP contribution is -2.16. The van der Waals surface area contributed by atoms with E-state index in [2.05, 4.69) is 4.74 Å². The fourth-order valence-electron chi connectivity index (χ4n) is 3.19. The van der Waals surface area contributed by atoms with Crippen molar-refractivity contribution in [3.05, 3.63) is 47.3 Å². The molecule has 2 atom stereocenters. The molecule has 1 aromatic heterocycles. The molecule has 144 valence electrons. The Morgan fingerprint density at radius 3 is 2.41 bits per heavy atom. The second-order valence-electron chi connectivity index (χ2n) is 6.84. The normalized spacial score (nSPS) is 18.4. The van der Waals surface area contributed by atoms with Gasteiger partial charge in [-0.3, -0.25) is 9.59 Å². The van der Waals surface area contributed by atoms with E-state index in [9.17, 15) is 18.4 Å². The third kappa shape index (κ3) is 4.18. The van der Waals surface area contributed by atoms with Crippen LogP contribution >= 0.6 is 0 Å². The highest BCUT2D eigenvalue weighted by Crippen LogP contribution is 2.38. The van der Waals surface area contributed by atoms with Crippen molar-refractivity contribution in [1.29, 1.82) is 0 Å². The molecule has 0 radical (unpaired) electrons. The molecule has 1 heterocycles. The second kappa shape index (κ2) is 7.50. The summed E-state index contributed by atoms with van der Waals surface area (Å²) in [6.45, 7) is 2.43. The summed E-state index contributed by atoms with van der Waals surface area (Å²) in [5.74, 6) is -0.282. The van der Waals surface area contributed by atoms with Crippen LogP contribution in [0.15, 0.2) is 30.3 Å². The Morgan fingerprint density at radius 2 is 1.85 bits per heavy atom. The van der Waals surface area contributed by atoms with Gasteiger partial charge < -0.3 is 14.0 Å². The van der Waals surface area contributed by atoms with E-state index in [1.165, 1.54) is 12.1 Å². The van der Waals surface area contributed by atoms with Gasteiger partial charge in [-0.1, -0.05) is 6.92 Å². The van der Waals surface area contributed by atoms with Crippen LogP contribution in [-0.2, 0) is 9.53 Å². The Morgan fingerprint density at radius 1 is 1.22 bits per heavy atom. The average molecular weight is 377 g/mol. The van der Waals surface area contributed by atoms with Gasteiger partial charge in [0.1, 0.15) is 5.75 Å². The zero-order valence-corrected chi connectivity index (χ0v) is 15.4. The Kier molecular flexibility index (Phi) is 5.30. The molecule has 0 saturated heterocycles. The van der Waals surface area contributed by atoms with Gasteiger partial charge in [-0.15, -0.1) is 0 Å². The van der Waals surface area contributed by atoms with Crippen molar-refractivity contribution in [2.24, 2.45) is 11.8 Å². The Hall–Kier alpha value is -2.70. The molecule has 5 nitrogen and oxygen atoms in total. The first-order valence-corrected chi connectivity index (χ1v) is 8.72. The summed E-state index contributed by atoms with van der Waals surface area (Å²) >= 11 is 0. The zero-order valence-electron chi connectivity index (χ0n) is 15.4. The van der Waals surface area contributed by atoms with Crippen LogP contribution in [0.3, 0.4) is 0 Å². The van der Waals surface area contributed by atoms with Crippen molar-refractivity contribution in [3.63, 3.8) is 0 Å². The Labute approximate surface area is 155 Å². The maximum atomic E-state index is 12.5. The summed E-state index contributed by atoms with van der Waals surface area (Å²) in [6.07, 6.45) is 0.812. The minimum absolute atomic E-state index is 0.0636. The summed E-state index contributed by atoms with van der Waals surface area (Å²) in [5.41, 5.74) is 2.68. The molecule has 1 aromatic carbocycles. The van der Waals surface area contributed by atoms with Gasteiger partial charge in [0.15, 0.2) is 6.61 Å². The van der Waals surface area contributed by atoms with Crippen LogP contribution in [-0.4, -0.2) is 29.5 Å². The van der Waals surface area contributed by atoms with Crippen LogP contribution < -0.4 is 4.74 Å². The number of halogens is 2. The van der Waals surface area contributed by atoms with E-state index in [0.29, 0.717) is 17.2 Å². The highest BCUT2D eigenvalue weighted by molar-refractivity contribution is 5.99. The standard InChI is InChI=1S/C20H21F2NO4/c1-11-8-16(11)19(25)26-10-18(24)17-9-12(2)23(13(17)3)14-4-6-15(7-5-14)27-20(21)22/h4-7,9,11,16,20H,8,10H2,1-3H3/t11-,16-/m1/s1. The van der Waals surface area contributed by atoms with Crippen LogP contribution in [0, 0.1) is 25.7 Å². The maximum absolute atomic E-state index is 12.5. The molecule has 0 N–H and O–H groups in total. The first kappa shape index (κ1) is 19.1. The van der Waals surface area contributed by atoms with Crippen LogP contribution in [0.25, 0.3) is 5.69 Å². The predicted molar refractivity (Wildman–Crippen MR) is 94.4 cm³/mol. The number of aromatic nitrogens is 1. The van der Waals surface area contributed by atoms with E-state index in [0.717, 1.165) is 17.8 Å². The molecule has 0 unspecified atom stereocenters. The number of ketones is 1. The zero-order chi connectivity index (χ0) is 19.7. The number of benzene rings is 1. The molecule has 3 rings (SSSR count). The van der Waals surface area contributed by atoms with Crippen LogP contribution in [0.1, 0.15) is 35.1 Å². The molecule has 1 aliphatic carbocycles. The van der Waals surface area contributed by atoms with Gasteiger partial charge in [-0.25, -0.2) is 0 Å². The van der Waals surface area contributed by atoms with Crippen molar-refractivity contribution < 1.29 is 27.8 Å². The fraction of sp³-hybridized carbons (Fsp3) is 0.400. The number of carbonyl (C=O) groups excluding carboxylic acids is 2. The number of esters is 1. The lowest BCUT2D eigenvalue weighted by atomic mass is 10.1. The van der Waals surface area contributed by atoms with Crippen molar-refractivity contribution >= 4 is 11.8 Å². The van der Waals surface area contributed by atoms with E-state index >= 15 is 0 Å². The van der Waals surface area contributed by atoms with Crippen LogP contribution in [0.2, 0.25) is 0 Å². The number of aryl methyl sites for hydroxylation is 1. The SMILES string of the molecule is Cc1cc(C(=O)COC(=O)[C@@H]2C[C@H]2C)c(C)n1-c1ccc(OC(F)F)cc1. The minimum Gasteiger partial charge on any atom is -0.457 e. The van der Waals surface area contributed by atoms with E-state index < -0.39 is 6.61 Å². The molecule has 0 bridgehead atoms. The number of alkyl halides is 2. The summed E-state index contributed by atoms with van der Waals surface area (Å²) in [6, 6.07) is 7.90. The minimum atomic E-state index is -2.88. The molecule has 2 aromatic rings. The molecule has 0 amide bonds. The third-order valence-corrected chi connectivity index (χ3v) is 4.81. The lowest BCUT2D eigenvalue weighted by Gasteiger charge is -2.11. The summed E-state index contributed by atoms with van der Waals surface area (Å²) in [4.78, 5) is 24.3. The number of Topliss-reactive ketones (excluding diaryl/α,β-unsaturated/α-hetero) is 1. The number of rotatable bonds is 7. The van der Waals surface area contributed by atoms with Crippen molar-refractivity contribution in [2.75, 3.05) is 6.61 Å². The van der Waals surface area contributed by atoms with Gasteiger partial charge in [0.05, 0.1) is 5.92 Å². The average Bonchev–Trinajstić information content (AvgIpc) is 3.27. The van der Waals surface area contributed by atoms with Gasteiger partial charge in [0.25, 0.3) is 0 Å². The molecule has 27 heavy (non-hydrogen) atoms. The summed E-state index contributed by atoms with van der Waals surface area (Å²) in [7, 11) is 0. The number of carbonyl (C=O) groups is 2. The fourth-order valence-corrected chi connectivity index (χ4v) is 3.19.